The van der Waals surface area contributed by atoms with Crippen molar-refractivity contribution in [2.24, 2.45) is 5.92 Å². The van der Waals surface area contributed by atoms with Crippen molar-refractivity contribution < 1.29 is 17.9 Å². The summed E-state index contributed by atoms with van der Waals surface area (Å²) in [7, 11) is -2.06. The van der Waals surface area contributed by atoms with Gasteiger partial charge in [-0.2, -0.15) is 0 Å². The monoisotopic (exact) mass is 481 g/mol. The summed E-state index contributed by atoms with van der Waals surface area (Å²) in [5.74, 6) is 0.721. The van der Waals surface area contributed by atoms with Crippen molar-refractivity contribution >= 4 is 15.7 Å². The van der Waals surface area contributed by atoms with Crippen LogP contribution in [-0.4, -0.2) is 41.9 Å². The molecule has 0 bridgehead atoms. The van der Waals surface area contributed by atoms with Crippen LogP contribution >= 0.6 is 0 Å². The minimum absolute atomic E-state index is 0.0627. The Hall–Kier alpha value is -3.13. The first kappa shape index (κ1) is 24.0. The third kappa shape index (κ3) is 5.50. The molecule has 0 saturated heterocycles. The highest BCUT2D eigenvalue weighted by Gasteiger charge is 2.34. The van der Waals surface area contributed by atoms with Crippen molar-refractivity contribution in [2.45, 2.75) is 56.7 Å². The van der Waals surface area contributed by atoms with Crippen LogP contribution in [0.25, 0.3) is 0 Å². The lowest BCUT2D eigenvalue weighted by Gasteiger charge is -2.24. The molecule has 34 heavy (non-hydrogen) atoms. The van der Waals surface area contributed by atoms with Gasteiger partial charge in [0.15, 0.2) is 0 Å². The van der Waals surface area contributed by atoms with Crippen molar-refractivity contribution in [3.05, 3.63) is 77.6 Å². The first-order valence-electron chi connectivity index (χ1n) is 11.5. The molecule has 1 amide bonds. The lowest BCUT2D eigenvalue weighted by Crippen LogP contribution is -2.33. The largest absolute Gasteiger partial charge is 0.497 e. The summed E-state index contributed by atoms with van der Waals surface area (Å²) in [5.41, 5.74) is 2.03. The average Bonchev–Trinajstić information content (AvgIpc) is 3.58. The van der Waals surface area contributed by atoms with Crippen LogP contribution in [0.4, 0.5) is 0 Å². The number of aromatic nitrogens is 2. The SMILES string of the molecule is COc1ccc(C(=O)N(Cc2cnc(S(=O)(=O)Cc3ccccc3)n2CC(C)C)C2CC2)cc1. The molecular formula is C26H31N3O4S. The van der Waals surface area contributed by atoms with E-state index in [2.05, 4.69) is 4.98 Å². The molecule has 1 aromatic heterocycles. The number of nitrogens with zero attached hydrogens (tertiary/aromatic N) is 3. The fourth-order valence-electron chi connectivity index (χ4n) is 4.01. The molecular weight excluding hydrogens is 450 g/mol. The number of methoxy groups -OCH3 is 1. The maximum absolute atomic E-state index is 13.3. The number of hydrogen-bond acceptors (Lipinski definition) is 5. The van der Waals surface area contributed by atoms with Crippen LogP contribution in [0.3, 0.4) is 0 Å². The van der Waals surface area contributed by atoms with Crippen LogP contribution in [0.5, 0.6) is 5.75 Å². The predicted octanol–water partition coefficient (Wildman–Crippen LogP) is 4.33. The van der Waals surface area contributed by atoms with E-state index in [-0.39, 0.29) is 28.8 Å². The second-order valence-electron chi connectivity index (χ2n) is 9.17. The highest BCUT2D eigenvalue weighted by molar-refractivity contribution is 7.90. The summed E-state index contributed by atoms with van der Waals surface area (Å²) >= 11 is 0. The number of benzene rings is 2. The van der Waals surface area contributed by atoms with Crippen molar-refractivity contribution in [1.29, 1.82) is 0 Å². The minimum atomic E-state index is -3.65. The zero-order chi connectivity index (χ0) is 24.3. The summed E-state index contributed by atoms with van der Waals surface area (Å²) in [6.07, 6.45) is 3.50. The molecule has 1 saturated carbocycles. The van der Waals surface area contributed by atoms with E-state index in [1.165, 1.54) is 0 Å². The summed E-state index contributed by atoms with van der Waals surface area (Å²) in [6.45, 7) is 4.90. The molecule has 0 atom stereocenters. The van der Waals surface area contributed by atoms with Gasteiger partial charge < -0.3 is 14.2 Å². The maximum Gasteiger partial charge on any atom is 0.254 e. The Labute approximate surface area is 201 Å². The van der Waals surface area contributed by atoms with Crippen molar-refractivity contribution in [1.82, 2.24) is 14.5 Å². The Morgan fingerprint density at radius 3 is 2.38 bits per heavy atom. The van der Waals surface area contributed by atoms with Gasteiger partial charge in [-0.05, 0) is 48.6 Å². The van der Waals surface area contributed by atoms with Gasteiger partial charge >= 0.3 is 0 Å². The molecule has 1 aliphatic carbocycles. The van der Waals surface area contributed by atoms with Gasteiger partial charge in [0.1, 0.15) is 5.75 Å². The molecule has 2 aromatic carbocycles. The normalized spacial score (nSPS) is 13.8. The fourth-order valence-corrected chi connectivity index (χ4v) is 5.51. The van der Waals surface area contributed by atoms with Gasteiger partial charge in [-0.3, -0.25) is 4.79 Å². The van der Waals surface area contributed by atoms with Crippen LogP contribution in [0.2, 0.25) is 0 Å². The van der Waals surface area contributed by atoms with Crippen molar-refractivity contribution in [3.8, 4) is 5.75 Å². The van der Waals surface area contributed by atoms with E-state index in [0.717, 1.165) is 24.1 Å². The number of rotatable bonds is 10. The van der Waals surface area contributed by atoms with Gasteiger partial charge in [-0.1, -0.05) is 44.2 Å². The standard InChI is InChI=1S/C26H31N3O4S/c1-19(2)16-29-23(15-27-26(29)34(31,32)18-20-7-5-4-6-8-20)17-28(22-11-12-22)25(30)21-9-13-24(33-3)14-10-21/h4-10,13-15,19,22H,11-12,16-18H2,1-3H3. The summed E-state index contributed by atoms with van der Waals surface area (Å²) < 4.78 is 33.6. The van der Waals surface area contributed by atoms with E-state index in [9.17, 15) is 13.2 Å². The maximum atomic E-state index is 13.3. The zero-order valence-electron chi connectivity index (χ0n) is 19.8. The van der Waals surface area contributed by atoms with Crippen LogP contribution in [0.1, 0.15) is 48.3 Å². The highest BCUT2D eigenvalue weighted by Crippen LogP contribution is 2.31. The van der Waals surface area contributed by atoms with E-state index < -0.39 is 9.84 Å². The van der Waals surface area contributed by atoms with Crippen LogP contribution in [-0.2, 0) is 28.7 Å². The van der Waals surface area contributed by atoms with Crippen molar-refractivity contribution in [3.63, 3.8) is 0 Å². The first-order valence-corrected chi connectivity index (χ1v) is 13.2. The second-order valence-corrected chi connectivity index (χ2v) is 11.1. The van der Waals surface area contributed by atoms with Gasteiger partial charge in [-0.15, -0.1) is 0 Å². The van der Waals surface area contributed by atoms with E-state index in [1.807, 2.05) is 36.9 Å². The van der Waals surface area contributed by atoms with Crippen LogP contribution in [0.15, 0.2) is 66.0 Å². The molecule has 0 unspecified atom stereocenters. The van der Waals surface area contributed by atoms with E-state index in [4.69, 9.17) is 4.74 Å². The number of carbonyl (C=O) groups excluding carboxylic acids is 1. The zero-order valence-corrected chi connectivity index (χ0v) is 20.7. The molecule has 1 heterocycles. The molecule has 1 fully saturated rings. The topological polar surface area (TPSA) is 81.5 Å². The summed E-state index contributed by atoms with van der Waals surface area (Å²) in [5, 5.41) is 0.0627. The number of carbonyl (C=O) groups is 1. The van der Waals surface area contributed by atoms with E-state index in [1.54, 1.807) is 54.3 Å². The minimum Gasteiger partial charge on any atom is -0.497 e. The summed E-state index contributed by atoms with van der Waals surface area (Å²) in [4.78, 5) is 19.5. The summed E-state index contributed by atoms with van der Waals surface area (Å²) in [6, 6.07) is 16.3. The molecule has 4 rings (SSSR count). The van der Waals surface area contributed by atoms with Gasteiger partial charge in [-0.25, -0.2) is 13.4 Å². The fraction of sp³-hybridized carbons (Fsp3) is 0.385. The van der Waals surface area contributed by atoms with Gasteiger partial charge in [0, 0.05) is 18.2 Å². The Bertz CT molecular complexity index is 1230. The third-order valence-corrected chi connectivity index (χ3v) is 7.44. The smallest absolute Gasteiger partial charge is 0.254 e. The molecule has 0 spiro atoms. The highest BCUT2D eigenvalue weighted by atomic mass is 32.2. The van der Waals surface area contributed by atoms with E-state index in [0.29, 0.717) is 24.4 Å². The molecule has 180 valence electrons. The molecule has 0 N–H and O–H groups in total. The quantitative estimate of drug-likeness (QED) is 0.431. The number of ether oxygens (including phenoxy) is 1. The lowest BCUT2D eigenvalue weighted by molar-refractivity contribution is 0.0725. The number of amides is 1. The van der Waals surface area contributed by atoms with Gasteiger partial charge in [0.05, 0.1) is 31.3 Å². The number of hydrogen-bond donors (Lipinski definition) is 0. The Morgan fingerprint density at radius 1 is 1.12 bits per heavy atom. The second kappa shape index (κ2) is 10.0. The van der Waals surface area contributed by atoms with Crippen LogP contribution < -0.4 is 4.74 Å². The Kier molecular flexibility index (Phi) is 7.07. The van der Waals surface area contributed by atoms with Crippen molar-refractivity contribution in [2.75, 3.05) is 7.11 Å². The number of sulfone groups is 1. The molecule has 0 aliphatic heterocycles. The predicted molar refractivity (Wildman–Crippen MR) is 130 cm³/mol. The van der Waals surface area contributed by atoms with Gasteiger partial charge in [0.25, 0.3) is 5.91 Å². The molecule has 7 nitrogen and oxygen atoms in total. The lowest BCUT2D eigenvalue weighted by atomic mass is 10.1. The van der Waals surface area contributed by atoms with Gasteiger partial charge in [0.2, 0.25) is 15.0 Å². The van der Waals surface area contributed by atoms with E-state index >= 15 is 0 Å². The average molecular weight is 482 g/mol. The molecule has 0 radical (unpaired) electrons. The Morgan fingerprint density at radius 2 is 1.79 bits per heavy atom. The number of imidazole rings is 1. The third-order valence-electron chi connectivity index (χ3n) is 5.84. The Balaban J connectivity index is 1.63. The van der Waals surface area contributed by atoms with Crippen LogP contribution in [0, 0.1) is 5.92 Å². The first-order chi connectivity index (χ1) is 16.3. The molecule has 3 aromatic rings. The molecule has 8 heteroatoms. The molecule has 1 aliphatic rings.